The molecule has 1 aromatic heterocycles. The standard InChI is InChI=1S/C20H21N3O2/c1-14-5-8-16(9-6-14)23-18-10-7-15(19(24)25-2)13-17(18)21-20(23)22-11-3-4-12-22/h5-10,13H,3-4,11-12H2,1-2H3. The number of imidazole rings is 1. The maximum Gasteiger partial charge on any atom is 0.337 e. The second kappa shape index (κ2) is 6.24. The number of anilines is 1. The number of esters is 1. The summed E-state index contributed by atoms with van der Waals surface area (Å²) < 4.78 is 7.02. The lowest BCUT2D eigenvalue weighted by atomic mass is 10.2. The van der Waals surface area contributed by atoms with Gasteiger partial charge in [0.25, 0.3) is 0 Å². The number of aryl methyl sites for hydroxylation is 1. The Balaban J connectivity index is 1.92. The SMILES string of the molecule is COC(=O)c1ccc2c(c1)nc(N1CCCC1)n2-c1ccc(C)cc1. The van der Waals surface area contributed by atoms with E-state index in [9.17, 15) is 4.79 Å². The number of ether oxygens (including phenoxy) is 1. The number of carbonyl (C=O) groups excluding carboxylic acids is 1. The third-order valence-electron chi connectivity index (χ3n) is 4.74. The highest BCUT2D eigenvalue weighted by Crippen LogP contribution is 2.30. The molecule has 0 N–H and O–H groups in total. The number of carbonyl (C=O) groups is 1. The molecule has 128 valence electrons. The van der Waals surface area contributed by atoms with Gasteiger partial charge in [-0.2, -0.15) is 0 Å². The first-order valence-electron chi connectivity index (χ1n) is 8.60. The van der Waals surface area contributed by atoms with Gasteiger partial charge in [-0.15, -0.1) is 0 Å². The van der Waals surface area contributed by atoms with Crippen molar-refractivity contribution in [3.8, 4) is 5.69 Å². The minimum Gasteiger partial charge on any atom is -0.465 e. The minimum atomic E-state index is -0.338. The largest absolute Gasteiger partial charge is 0.465 e. The number of benzene rings is 2. The molecule has 1 saturated heterocycles. The molecule has 2 aromatic carbocycles. The van der Waals surface area contributed by atoms with Crippen LogP contribution in [0.4, 0.5) is 5.95 Å². The minimum absolute atomic E-state index is 0.338. The molecule has 1 fully saturated rings. The quantitative estimate of drug-likeness (QED) is 0.685. The van der Waals surface area contributed by atoms with Crippen LogP contribution in [0, 0.1) is 6.92 Å². The maximum absolute atomic E-state index is 11.8. The molecule has 3 aromatic rings. The summed E-state index contributed by atoms with van der Waals surface area (Å²) in [5.41, 5.74) is 4.64. The van der Waals surface area contributed by atoms with E-state index in [2.05, 4.69) is 40.7 Å². The van der Waals surface area contributed by atoms with E-state index in [1.165, 1.54) is 25.5 Å². The summed E-state index contributed by atoms with van der Waals surface area (Å²) in [6.45, 7) is 4.11. The molecule has 0 atom stereocenters. The Morgan fingerprint density at radius 2 is 1.80 bits per heavy atom. The van der Waals surface area contributed by atoms with Gasteiger partial charge in [0.1, 0.15) is 0 Å². The van der Waals surface area contributed by atoms with Crippen molar-refractivity contribution < 1.29 is 9.53 Å². The first-order valence-corrected chi connectivity index (χ1v) is 8.60. The highest BCUT2D eigenvalue weighted by atomic mass is 16.5. The van der Waals surface area contributed by atoms with Gasteiger partial charge in [-0.05, 0) is 50.1 Å². The molecular weight excluding hydrogens is 314 g/mol. The Morgan fingerprint density at radius 1 is 1.08 bits per heavy atom. The van der Waals surface area contributed by atoms with Crippen LogP contribution in [-0.4, -0.2) is 35.7 Å². The molecule has 1 aliphatic heterocycles. The van der Waals surface area contributed by atoms with Gasteiger partial charge < -0.3 is 9.64 Å². The summed E-state index contributed by atoms with van der Waals surface area (Å²) in [4.78, 5) is 19.0. The average Bonchev–Trinajstić information content (AvgIpc) is 3.28. The maximum atomic E-state index is 11.8. The summed E-state index contributed by atoms with van der Waals surface area (Å²) in [5.74, 6) is 0.605. The van der Waals surface area contributed by atoms with Gasteiger partial charge in [-0.3, -0.25) is 4.57 Å². The summed E-state index contributed by atoms with van der Waals surface area (Å²) in [6.07, 6.45) is 2.37. The monoisotopic (exact) mass is 335 g/mol. The number of hydrogen-bond donors (Lipinski definition) is 0. The Bertz CT molecular complexity index is 922. The fourth-order valence-corrected chi connectivity index (χ4v) is 3.39. The van der Waals surface area contributed by atoms with Crippen LogP contribution in [0.1, 0.15) is 28.8 Å². The van der Waals surface area contributed by atoms with Gasteiger partial charge in [-0.1, -0.05) is 17.7 Å². The van der Waals surface area contributed by atoms with E-state index >= 15 is 0 Å². The van der Waals surface area contributed by atoms with E-state index in [0.29, 0.717) is 5.56 Å². The number of rotatable bonds is 3. The summed E-state index contributed by atoms with van der Waals surface area (Å²) >= 11 is 0. The molecule has 0 saturated carbocycles. The second-order valence-corrected chi connectivity index (χ2v) is 6.47. The predicted molar refractivity (Wildman–Crippen MR) is 98.6 cm³/mol. The lowest BCUT2D eigenvalue weighted by molar-refractivity contribution is 0.0601. The summed E-state index contributed by atoms with van der Waals surface area (Å²) in [7, 11) is 1.40. The molecule has 0 bridgehead atoms. The average molecular weight is 335 g/mol. The van der Waals surface area contributed by atoms with Gasteiger partial charge in [0, 0.05) is 18.8 Å². The molecule has 4 rings (SSSR count). The lowest BCUT2D eigenvalue weighted by Crippen LogP contribution is -2.21. The zero-order valence-corrected chi connectivity index (χ0v) is 14.5. The van der Waals surface area contributed by atoms with E-state index in [0.717, 1.165) is 35.8 Å². The van der Waals surface area contributed by atoms with Crippen molar-refractivity contribution in [3.63, 3.8) is 0 Å². The fourth-order valence-electron chi connectivity index (χ4n) is 3.39. The molecule has 5 nitrogen and oxygen atoms in total. The van der Waals surface area contributed by atoms with Crippen molar-refractivity contribution in [2.45, 2.75) is 19.8 Å². The number of fused-ring (bicyclic) bond motifs is 1. The molecule has 0 aliphatic carbocycles. The lowest BCUT2D eigenvalue weighted by Gasteiger charge is -2.18. The third kappa shape index (κ3) is 2.76. The number of methoxy groups -OCH3 is 1. The van der Waals surface area contributed by atoms with Crippen LogP contribution in [0.15, 0.2) is 42.5 Å². The van der Waals surface area contributed by atoms with Gasteiger partial charge in [-0.25, -0.2) is 9.78 Å². The van der Waals surface area contributed by atoms with Crippen molar-refractivity contribution in [1.82, 2.24) is 9.55 Å². The zero-order valence-electron chi connectivity index (χ0n) is 14.5. The molecule has 0 unspecified atom stereocenters. The smallest absolute Gasteiger partial charge is 0.337 e. The second-order valence-electron chi connectivity index (χ2n) is 6.47. The number of aromatic nitrogens is 2. The van der Waals surface area contributed by atoms with Crippen LogP contribution in [-0.2, 0) is 4.74 Å². The van der Waals surface area contributed by atoms with Crippen molar-refractivity contribution >= 4 is 23.0 Å². The van der Waals surface area contributed by atoms with Crippen LogP contribution in [0.3, 0.4) is 0 Å². The van der Waals surface area contributed by atoms with Gasteiger partial charge in [0.15, 0.2) is 0 Å². The van der Waals surface area contributed by atoms with E-state index < -0.39 is 0 Å². The fraction of sp³-hybridized carbons (Fsp3) is 0.300. The Hall–Kier alpha value is -2.82. The molecule has 0 spiro atoms. The number of nitrogens with zero attached hydrogens (tertiary/aromatic N) is 3. The molecule has 0 amide bonds. The summed E-state index contributed by atoms with van der Waals surface area (Å²) in [5, 5.41) is 0. The van der Waals surface area contributed by atoms with Crippen LogP contribution in [0.25, 0.3) is 16.7 Å². The van der Waals surface area contributed by atoms with Crippen LogP contribution in [0.5, 0.6) is 0 Å². The van der Waals surface area contributed by atoms with Crippen LogP contribution in [0.2, 0.25) is 0 Å². The molecule has 2 heterocycles. The summed E-state index contributed by atoms with van der Waals surface area (Å²) in [6, 6.07) is 14.0. The topological polar surface area (TPSA) is 47.4 Å². The van der Waals surface area contributed by atoms with E-state index in [1.807, 2.05) is 12.1 Å². The Kier molecular flexibility index (Phi) is 3.92. The highest BCUT2D eigenvalue weighted by Gasteiger charge is 2.22. The normalized spacial score (nSPS) is 14.2. The van der Waals surface area contributed by atoms with E-state index in [1.54, 1.807) is 6.07 Å². The highest BCUT2D eigenvalue weighted by molar-refractivity contribution is 5.94. The first kappa shape index (κ1) is 15.7. The van der Waals surface area contributed by atoms with Crippen LogP contribution < -0.4 is 4.90 Å². The molecular formula is C20H21N3O2. The van der Waals surface area contributed by atoms with Crippen LogP contribution >= 0.6 is 0 Å². The Labute approximate surface area is 146 Å². The van der Waals surface area contributed by atoms with Gasteiger partial charge in [0.05, 0.1) is 23.7 Å². The van der Waals surface area contributed by atoms with E-state index in [4.69, 9.17) is 9.72 Å². The molecule has 5 heteroatoms. The van der Waals surface area contributed by atoms with Gasteiger partial charge in [0.2, 0.25) is 5.95 Å². The van der Waals surface area contributed by atoms with Gasteiger partial charge >= 0.3 is 5.97 Å². The third-order valence-corrected chi connectivity index (χ3v) is 4.74. The molecule has 0 radical (unpaired) electrons. The molecule has 1 aliphatic rings. The van der Waals surface area contributed by atoms with Crippen molar-refractivity contribution in [2.75, 3.05) is 25.1 Å². The predicted octanol–water partition coefficient (Wildman–Crippen LogP) is 3.72. The first-order chi connectivity index (χ1) is 12.2. The van der Waals surface area contributed by atoms with E-state index in [-0.39, 0.29) is 5.97 Å². The van der Waals surface area contributed by atoms with Crippen molar-refractivity contribution in [3.05, 3.63) is 53.6 Å². The van der Waals surface area contributed by atoms with Crippen molar-refractivity contribution in [1.29, 1.82) is 0 Å². The number of hydrogen-bond acceptors (Lipinski definition) is 4. The zero-order chi connectivity index (χ0) is 17.4. The Morgan fingerprint density at radius 3 is 2.48 bits per heavy atom. The van der Waals surface area contributed by atoms with Crippen molar-refractivity contribution in [2.24, 2.45) is 0 Å². The molecule has 25 heavy (non-hydrogen) atoms.